The van der Waals surface area contributed by atoms with Gasteiger partial charge in [0.2, 0.25) is 0 Å². The molecule has 2 heterocycles. The first-order valence-corrected chi connectivity index (χ1v) is 12.5. The zero-order valence-electron chi connectivity index (χ0n) is 21.2. The highest BCUT2D eigenvalue weighted by atomic mass is 19.4. The summed E-state index contributed by atoms with van der Waals surface area (Å²) >= 11 is 0. The number of hydrogen-bond acceptors (Lipinski definition) is 2. The van der Waals surface area contributed by atoms with Crippen LogP contribution in [0.5, 0.6) is 0 Å². The summed E-state index contributed by atoms with van der Waals surface area (Å²) < 4.78 is 93.7. The van der Waals surface area contributed by atoms with Gasteiger partial charge < -0.3 is 14.7 Å². The summed E-state index contributed by atoms with van der Waals surface area (Å²) in [6, 6.07) is 5.02. The van der Waals surface area contributed by atoms with Crippen molar-refractivity contribution in [2.45, 2.75) is 63.6 Å². The number of nitrogens with zero attached hydrogens (tertiary/aromatic N) is 3. The summed E-state index contributed by atoms with van der Waals surface area (Å²) in [7, 11) is 1.36. The van der Waals surface area contributed by atoms with Gasteiger partial charge in [-0.25, -0.2) is 9.18 Å². The topological polar surface area (TPSA) is 26.8 Å². The number of piperidine rings is 1. The second kappa shape index (κ2) is 10.7. The van der Waals surface area contributed by atoms with Crippen molar-refractivity contribution < 1.29 is 35.5 Å². The SMILES string of the molecule is Cc1cc(F)ccc1[C@@H]1C[C@H](N2CCCC2)CCN1C(=O)N(C)Cc1cc(C(F)(F)F)cc(C(F)(F)F)c1. The molecule has 0 radical (unpaired) electrons. The van der Waals surface area contributed by atoms with Gasteiger partial charge in [0.15, 0.2) is 0 Å². The number of likely N-dealkylation sites (tertiary alicyclic amines) is 2. The van der Waals surface area contributed by atoms with Crippen LogP contribution in [-0.2, 0) is 18.9 Å². The molecule has 2 aromatic carbocycles. The Balaban J connectivity index is 1.60. The molecule has 0 unspecified atom stereocenters. The lowest BCUT2D eigenvalue weighted by molar-refractivity contribution is -0.143. The first-order chi connectivity index (χ1) is 17.7. The molecular weight excluding hydrogens is 515 g/mol. The molecule has 2 aliphatic heterocycles. The lowest BCUT2D eigenvalue weighted by atomic mass is 9.89. The van der Waals surface area contributed by atoms with Crippen LogP contribution in [-0.4, -0.2) is 53.5 Å². The molecule has 2 amide bonds. The molecule has 0 aromatic heterocycles. The fourth-order valence-corrected chi connectivity index (χ4v) is 5.59. The van der Waals surface area contributed by atoms with E-state index in [1.54, 1.807) is 17.9 Å². The van der Waals surface area contributed by atoms with Crippen molar-refractivity contribution in [1.82, 2.24) is 14.7 Å². The molecule has 0 N–H and O–H groups in total. The quantitative estimate of drug-likeness (QED) is 0.386. The van der Waals surface area contributed by atoms with E-state index in [2.05, 4.69) is 4.90 Å². The Morgan fingerprint density at radius 2 is 1.55 bits per heavy atom. The van der Waals surface area contributed by atoms with Crippen LogP contribution in [0.3, 0.4) is 0 Å². The Kier molecular flexibility index (Phi) is 7.97. The van der Waals surface area contributed by atoms with Crippen molar-refractivity contribution in [3.05, 3.63) is 70.0 Å². The van der Waals surface area contributed by atoms with Crippen LogP contribution in [0.4, 0.5) is 35.5 Å². The maximum absolute atomic E-state index is 13.8. The summed E-state index contributed by atoms with van der Waals surface area (Å²) in [5.41, 5.74) is -1.67. The summed E-state index contributed by atoms with van der Waals surface area (Å²) in [5, 5.41) is 0. The second-order valence-corrected chi connectivity index (χ2v) is 10.2. The maximum atomic E-state index is 13.8. The van der Waals surface area contributed by atoms with Crippen LogP contribution in [0.1, 0.15) is 59.5 Å². The van der Waals surface area contributed by atoms with Gasteiger partial charge in [-0.2, -0.15) is 26.3 Å². The van der Waals surface area contributed by atoms with E-state index in [0.29, 0.717) is 37.1 Å². The first kappa shape index (κ1) is 28.2. The number of urea groups is 1. The maximum Gasteiger partial charge on any atom is 0.416 e. The Labute approximate surface area is 217 Å². The van der Waals surface area contributed by atoms with Gasteiger partial charge in [0.25, 0.3) is 0 Å². The van der Waals surface area contributed by atoms with E-state index in [9.17, 15) is 35.5 Å². The highest BCUT2D eigenvalue weighted by Gasteiger charge is 2.39. The van der Waals surface area contributed by atoms with Gasteiger partial charge in [0.05, 0.1) is 17.2 Å². The van der Waals surface area contributed by atoms with Crippen molar-refractivity contribution in [2.24, 2.45) is 0 Å². The zero-order valence-corrected chi connectivity index (χ0v) is 21.2. The third-order valence-electron chi connectivity index (χ3n) is 7.46. The van der Waals surface area contributed by atoms with Crippen LogP contribution in [0.2, 0.25) is 0 Å². The smallest absolute Gasteiger partial charge is 0.323 e. The van der Waals surface area contributed by atoms with Crippen molar-refractivity contribution >= 4 is 6.03 Å². The molecule has 0 bridgehead atoms. The number of halogens is 7. The van der Waals surface area contributed by atoms with Crippen LogP contribution >= 0.6 is 0 Å². The van der Waals surface area contributed by atoms with Gasteiger partial charge in [0.1, 0.15) is 5.82 Å². The van der Waals surface area contributed by atoms with Gasteiger partial charge in [-0.1, -0.05) is 6.07 Å². The Morgan fingerprint density at radius 1 is 0.947 bits per heavy atom. The highest BCUT2D eigenvalue weighted by Crippen LogP contribution is 2.38. The molecule has 4 nitrogen and oxygen atoms in total. The number of alkyl halides is 6. The number of amides is 2. The minimum atomic E-state index is -4.97. The van der Waals surface area contributed by atoms with E-state index in [1.807, 2.05) is 0 Å². The van der Waals surface area contributed by atoms with Crippen molar-refractivity contribution in [1.29, 1.82) is 0 Å². The predicted octanol–water partition coefficient (Wildman–Crippen LogP) is 7.03. The Morgan fingerprint density at radius 3 is 2.11 bits per heavy atom. The zero-order chi connectivity index (χ0) is 27.8. The van der Waals surface area contributed by atoms with Crippen LogP contribution in [0.15, 0.2) is 36.4 Å². The third kappa shape index (κ3) is 6.24. The molecule has 11 heteroatoms. The minimum absolute atomic E-state index is 0.0712. The lowest BCUT2D eigenvalue weighted by Gasteiger charge is -2.44. The monoisotopic (exact) mass is 545 g/mol. The van der Waals surface area contributed by atoms with E-state index < -0.39 is 47.9 Å². The fourth-order valence-electron chi connectivity index (χ4n) is 5.59. The van der Waals surface area contributed by atoms with Crippen LogP contribution < -0.4 is 0 Å². The molecule has 38 heavy (non-hydrogen) atoms. The summed E-state index contributed by atoms with van der Waals surface area (Å²) in [6.07, 6.45) is -6.45. The average molecular weight is 546 g/mol. The number of aryl methyl sites for hydroxylation is 1. The molecule has 0 saturated carbocycles. The molecule has 0 aliphatic carbocycles. The molecule has 2 aliphatic rings. The number of carbonyl (C=O) groups excluding carboxylic acids is 1. The molecule has 2 fully saturated rings. The minimum Gasteiger partial charge on any atom is -0.323 e. The molecule has 2 aromatic rings. The van der Waals surface area contributed by atoms with Gasteiger partial charge in [0, 0.05) is 26.2 Å². The van der Waals surface area contributed by atoms with Crippen molar-refractivity contribution in [3.8, 4) is 0 Å². The third-order valence-corrected chi connectivity index (χ3v) is 7.46. The summed E-state index contributed by atoms with van der Waals surface area (Å²) in [6.45, 7) is 3.61. The normalized spacial score (nSPS) is 21.1. The molecule has 2 atom stereocenters. The number of hydrogen-bond donors (Lipinski definition) is 0. The standard InChI is InChI=1S/C27H30F7N3O/c1-17-11-21(28)5-6-23(17)24-15-22(36-8-3-4-9-36)7-10-37(24)25(38)35(2)16-18-12-19(26(29,30)31)14-20(13-18)27(32,33)34/h5-6,11-14,22,24H,3-4,7-10,15-16H2,1-2H3/t22-,24+/m1/s1. The van der Waals surface area contributed by atoms with Gasteiger partial charge >= 0.3 is 18.4 Å². The van der Waals surface area contributed by atoms with Crippen LogP contribution in [0.25, 0.3) is 0 Å². The summed E-state index contributed by atoms with van der Waals surface area (Å²) in [4.78, 5) is 18.7. The lowest BCUT2D eigenvalue weighted by Crippen LogP contribution is -2.51. The Bertz CT molecular complexity index is 1130. The van der Waals surface area contributed by atoms with Crippen LogP contribution in [0, 0.1) is 12.7 Å². The Hall–Kier alpha value is -2.82. The second-order valence-electron chi connectivity index (χ2n) is 10.2. The predicted molar refractivity (Wildman–Crippen MR) is 128 cm³/mol. The molecular formula is C27H30F7N3O. The fraction of sp³-hybridized carbons (Fsp3) is 0.519. The van der Waals surface area contributed by atoms with Gasteiger partial charge in [-0.3, -0.25) is 0 Å². The number of carbonyl (C=O) groups is 1. The van der Waals surface area contributed by atoms with E-state index in [1.165, 1.54) is 19.2 Å². The number of rotatable bonds is 4. The van der Waals surface area contributed by atoms with Crippen molar-refractivity contribution in [3.63, 3.8) is 0 Å². The first-order valence-electron chi connectivity index (χ1n) is 12.5. The van der Waals surface area contributed by atoms with Crippen molar-refractivity contribution in [2.75, 3.05) is 26.7 Å². The summed E-state index contributed by atoms with van der Waals surface area (Å²) in [5.74, 6) is -0.404. The molecule has 208 valence electrons. The molecule has 0 spiro atoms. The molecule has 2 saturated heterocycles. The largest absolute Gasteiger partial charge is 0.416 e. The highest BCUT2D eigenvalue weighted by molar-refractivity contribution is 5.75. The van der Waals surface area contributed by atoms with E-state index in [4.69, 9.17) is 0 Å². The average Bonchev–Trinajstić information content (AvgIpc) is 3.37. The van der Waals surface area contributed by atoms with E-state index in [0.717, 1.165) is 36.4 Å². The van der Waals surface area contributed by atoms with Gasteiger partial charge in [-0.15, -0.1) is 0 Å². The van der Waals surface area contributed by atoms with Gasteiger partial charge in [-0.05, 0) is 92.7 Å². The van der Waals surface area contributed by atoms with E-state index in [-0.39, 0.29) is 17.7 Å². The number of benzene rings is 2. The molecule has 4 rings (SSSR count). The van der Waals surface area contributed by atoms with E-state index >= 15 is 0 Å².